The fourth-order valence-electron chi connectivity index (χ4n) is 1.55. The fraction of sp³-hybridized carbons (Fsp3) is 0.692. The van der Waals surface area contributed by atoms with Crippen molar-refractivity contribution in [3.63, 3.8) is 0 Å². The van der Waals surface area contributed by atoms with E-state index in [2.05, 4.69) is 47.4 Å². The Hall–Kier alpha value is -1.12. The summed E-state index contributed by atoms with van der Waals surface area (Å²) in [6, 6.07) is 2.74. The highest BCUT2D eigenvalue weighted by Crippen LogP contribution is 2.21. The zero-order valence-corrected chi connectivity index (χ0v) is 12.4. The first-order valence-electron chi connectivity index (χ1n) is 6.39. The maximum absolute atomic E-state index is 8.87. The Morgan fingerprint density at radius 2 is 2.22 bits per heavy atom. The van der Waals surface area contributed by atoms with Crippen LogP contribution in [0.2, 0.25) is 0 Å². The first-order chi connectivity index (χ1) is 8.56. The first kappa shape index (κ1) is 14.9. The van der Waals surface area contributed by atoms with Gasteiger partial charge in [0, 0.05) is 31.1 Å². The van der Waals surface area contributed by atoms with Crippen LogP contribution in [0.1, 0.15) is 33.4 Å². The van der Waals surface area contributed by atoms with E-state index < -0.39 is 0 Å². The van der Waals surface area contributed by atoms with Gasteiger partial charge >= 0.3 is 0 Å². The van der Waals surface area contributed by atoms with Gasteiger partial charge in [0.25, 0.3) is 0 Å². The Balaban J connectivity index is 2.62. The monoisotopic (exact) mass is 266 g/mol. The summed E-state index contributed by atoms with van der Waals surface area (Å²) in [7, 11) is 0. The highest BCUT2D eigenvalue weighted by atomic mass is 32.1. The van der Waals surface area contributed by atoms with E-state index in [-0.39, 0.29) is 5.92 Å². The quantitative estimate of drug-likeness (QED) is 0.824. The van der Waals surface area contributed by atoms with Crippen LogP contribution >= 0.6 is 11.3 Å². The van der Waals surface area contributed by atoms with E-state index in [0.29, 0.717) is 6.04 Å². The molecule has 4 nitrogen and oxygen atoms in total. The van der Waals surface area contributed by atoms with E-state index in [0.717, 1.165) is 30.5 Å². The minimum absolute atomic E-state index is 0.0334. The molecule has 0 aliphatic carbocycles. The van der Waals surface area contributed by atoms with Crippen molar-refractivity contribution in [1.82, 2.24) is 10.3 Å². The van der Waals surface area contributed by atoms with Crippen molar-refractivity contribution in [2.45, 2.75) is 40.3 Å². The molecule has 1 heterocycles. The molecule has 1 unspecified atom stereocenters. The number of nitrogens with one attached hydrogen (secondary N) is 1. The van der Waals surface area contributed by atoms with Crippen LogP contribution in [0, 0.1) is 17.2 Å². The van der Waals surface area contributed by atoms with Gasteiger partial charge in [-0.3, -0.25) is 0 Å². The van der Waals surface area contributed by atoms with Gasteiger partial charge in [-0.2, -0.15) is 5.26 Å². The van der Waals surface area contributed by atoms with E-state index >= 15 is 0 Å². The molecule has 1 N–H and O–H groups in total. The predicted octanol–water partition coefficient (Wildman–Crippen LogP) is 2.63. The second-order valence-corrected chi connectivity index (χ2v) is 5.56. The molecular formula is C13H22N4S. The molecule has 0 amide bonds. The largest absolute Gasteiger partial charge is 0.347 e. The van der Waals surface area contributed by atoms with E-state index in [1.165, 1.54) is 0 Å². The Bertz CT molecular complexity index is 394. The van der Waals surface area contributed by atoms with E-state index in [1.54, 1.807) is 11.3 Å². The summed E-state index contributed by atoms with van der Waals surface area (Å²) in [6.45, 7) is 10.7. The lowest BCUT2D eigenvalue weighted by atomic mass is 10.2. The second-order valence-electron chi connectivity index (χ2n) is 4.73. The summed E-state index contributed by atoms with van der Waals surface area (Å²) in [5.74, 6) is 0.0334. The van der Waals surface area contributed by atoms with Gasteiger partial charge in [0.1, 0.15) is 0 Å². The van der Waals surface area contributed by atoms with Crippen LogP contribution < -0.4 is 10.2 Å². The lowest BCUT2D eigenvalue weighted by Gasteiger charge is -2.20. The summed E-state index contributed by atoms with van der Waals surface area (Å²) in [5.41, 5.74) is 1.08. The first-order valence-corrected chi connectivity index (χ1v) is 7.27. The van der Waals surface area contributed by atoms with E-state index in [9.17, 15) is 0 Å². The van der Waals surface area contributed by atoms with Gasteiger partial charge in [-0.15, -0.1) is 11.3 Å². The molecule has 0 saturated heterocycles. The molecule has 0 spiro atoms. The van der Waals surface area contributed by atoms with Gasteiger partial charge in [-0.25, -0.2) is 4.98 Å². The molecule has 0 saturated carbocycles. The summed E-state index contributed by atoms with van der Waals surface area (Å²) >= 11 is 1.65. The summed E-state index contributed by atoms with van der Waals surface area (Å²) in [5, 5.41) is 15.3. The van der Waals surface area contributed by atoms with Crippen LogP contribution in [-0.4, -0.2) is 24.1 Å². The van der Waals surface area contributed by atoms with Crippen molar-refractivity contribution < 1.29 is 0 Å². The van der Waals surface area contributed by atoms with Crippen LogP contribution in [0.4, 0.5) is 5.13 Å². The lowest BCUT2D eigenvalue weighted by molar-refractivity contribution is 0.582. The number of nitrogens with zero attached hydrogens (tertiary/aromatic N) is 3. The molecule has 1 aromatic rings. The molecule has 0 aliphatic rings. The van der Waals surface area contributed by atoms with Crippen LogP contribution in [0.5, 0.6) is 0 Å². The Morgan fingerprint density at radius 1 is 1.50 bits per heavy atom. The topological polar surface area (TPSA) is 52.0 Å². The highest BCUT2D eigenvalue weighted by Gasteiger charge is 2.12. The zero-order chi connectivity index (χ0) is 13.5. The Labute approximate surface area is 114 Å². The van der Waals surface area contributed by atoms with Crippen LogP contribution in [0.3, 0.4) is 0 Å². The number of rotatable bonds is 7. The van der Waals surface area contributed by atoms with Crippen molar-refractivity contribution in [1.29, 1.82) is 5.26 Å². The minimum Gasteiger partial charge on any atom is -0.347 e. The summed E-state index contributed by atoms with van der Waals surface area (Å²) in [6.07, 6.45) is 0. The maximum atomic E-state index is 8.87. The third-order valence-electron chi connectivity index (χ3n) is 2.60. The molecular weight excluding hydrogens is 244 g/mol. The molecule has 5 heteroatoms. The van der Waals surface area contributed by atoms with Gasteiger partial charge in [-0.1, -0.05) is 13.8 Å². The van der Waals surface area contributed by atoms with Crippen LogP contribution in [0.25, 0.3) is 0 Å². The zero-order valence-electron chi connectivity index (χ0n) is 11.6. The number of anilines is 1. The second kappa shape index (κ2) is 7.34. The molecule has 0 aromatic carbocycles. The fourth-order valence-corrected chi connectivity index (χ4v) is 2.45. The normalized spacial score (nSPS) is 12.4. The average molecular weight is 266 g/mol. The molecule has 0 fully saturated rings. The molecule has 1 rings (SSSR count). The van der Waals surface area contributed by atoms with Gasteiger partial charge in [0.05, 0.1) is 17.7 Å². The standard InChI is InChI=1S/C13H22N4S/c1-5-17(8-11(4)6-14)13-16-12(9-18-13)7-15-10(2)3/h9-11,15H,5,7-8H2,1-4H3. The average Bonchev–Trinajstić information content (AvgIpc) is 2.81. The van der Waals surface area contributed by atoms with Gasteiger partial charge in [0.2, 0.25) is 0 Å². The molecule has 1 aromatic heterocycles. The molecule has 0 bridgehead atoms. The van der Waals surface area contributed by atoms with Crippen LogP contribution in [0.15, 0.2) is 5.38 Å². The molecule has 100 valence electrons. The van der Waals surface area contributed by atoms with E-state index in [4.69, 9.17) is 5.26 Å². The molecule has 18 heavy (non-hydrogen) atoms. The number of hydrogen-bond donors (Lipinski definition) is 1. The van der Waals surface area contributed by atoms with Crippen LogP contribution in [-0.2, 0) is 6.54 Å². The van der Waals surface area contributed by atoms with Crippen molar-refractivity contribution in [2.75, 3.05) is 18.0 Å². The summed E-state index contributed by atoms with van der Waals surface area (Å²) < 4.78 is 0. The lowest BCUT2D eigenvalue weighted by Crippen LogP contribution is -2.27. The van der Waals surface area contributed by atoms with Crippen molar-refractivity contribution in [3.8, 4) is 6.07 Å². The van der Waals surface area contributed by atoms with Crippen molar-refractivity contribution >= 4 is 16.5 Å². The van der Waals surface area contributed by atoms with Gasteiger partial charge in [0.15, 0.2) is 5.13 Å². The third-order valence-corrected chi connectivity index (χ3v) is 3.55. The number of thiazole rings is 1. The molecule has 0 radical (unpaired) electrons. The Morgan fingerprint density at radius 3 is 2.78 bits per heavy atom. The summed E-state index contributed by atoms with van der Waals surface area (Å²) in [4.78, 5) is 6.78. The smallest absolute Gasteiger partial charge is 0.185 e. The predicted molar refractivity (Wildman–Crippen MR) is 76.8 cm³/mol. The SMILES string of the molecule is CCN(CC(C)C#N)c1nc(CNC(C)C)cs1. The molecule has 0 aliphatic heterocycles. The highest BCUT2D eigenvalue weighted by molar-refractivity contribution is 7.13. The third kappa shape index (κ3) is 4.63. The minimum atomic E-state index is 0.0334. The number of aromatic nitrogens is 1. The Kier molecular flexibility index (Phi) is 6.10. The van der Waals surface area contributed by atoms with Crippen molar-refractivity contribution in [2.24, 2.45) is 5.92 Å². The van der Waals surface area contributed by atoms with E-state index in [1.807, 2.05) is 6.92 Å². The maximum Gasteiger partial charge on any atom is 0.185 e. The van der Waals surface area contributed by atoms with Gasteiger partial charge in [-0.05, 0) is 13.8 Å². The molecule has 1 atom stereocenters. The number of nitriles is 1. The number of hydrogen-bond acceptors (Lipinski definition) is 5. The van der Waals surface area contributed by atoms with Crippen molar-refractivity contribution in [3.05, 3.63) is 11.1 Å². The van der Waals surface area contributed by atoms with Gasteiger partial charge < -0.3 is 10.2 Å².